The molecule has 0 spiro atoms. The van der Waals surface area contributed by atoms with Crippen molar-refractivity contribution in [3.63, 3.8) is 0 Å². The Kier molecular flexibility index (Phi) is 2.90. The quantitative estimate of drug-likeness (QED) is 0.566. The van der Waals surface area contributed by atoms with E-state index in [1.807, 2.05) is 0 Å². The minimum Gasteiger partial charge on any atom is -0.391 e. The van der Waals surface area contributed by atoms with Crippen molar-refractivity contribution < 1.29 is 5.11 Å². The van der Waals surface area contributed by atoms with Crippen molar-refractivity contribution >= 4 is 0 Å². The normalized spacial score (nSPS) is 28.3. The lowest BCUT2D eigenvalue weighted by molar-refractivity contribution is 0.139. The summed E-state index contributed by atoms with van der Waals surface area (Å²) in [5.41, 5.74) is 0. The van der Waals surface area contributed by atoms with Crippen LogP contribution in [-0.2, 0) is 0 Å². The van der Waals surface area contributed by atoms with Gasteiger partial charge in [0.2, 0.25) is 0 Å². The molecule has 10 heavy (non-hydrogen) atoms. The van der Waals surface area contributed by atoms with Crippen LogP contribution in [0.3, 0.4) is 0 Å². The van der Waals surface area contributed by atoms with Crippen LogP contribution < -0.4 is 5.32 Å². The summed E-state index contributed by atoms with van der Waals surface area (Å²) in [6, 6.07) is 0.318. The van der Waals surface area contributed by atoms with Crippen LogP contribution >= 0.6 is 0 Å². The molecule has 1 aliphatic heterocycles. The van der Waals surface area contributed by atoms with Gasteiger partial charge in [0.05, 0.1) is 6.10 Å². The van der Waals surface area contributed by atoms with E-state index in [1.165, 1.54) is 6.42 Å². The molecule has 0 saturated carbocycles. The smallest absolute Gasteiger partial charge is 0.0727 e. The average Bonchev–Trinajstić information content (AvgIpc) is 2.38. The Morgan fingerprint density at radius 1 is 1.80 bits per heavy atom. The number of nitrogens with one attached hydrogen (secondary N) is 1. The molecule has 0 radical (unpaired) electrons. The second kappa shape index (κ2) is 3.74. The molecule has 1 saturated heterocycles. The summed E-state index contributed by atoms with van der Waals surface area (Å²) in [4.78, 5) is 0. The summed E-state index contributed by atoms with van der Waals surface area (Å²) in [5.74, 6) is 0. The van der Waals surface area contributed by atoms with Gasteiger partial charge in [-0.1, -0.05) is 6.08 Å². The van der Waals surface area contributed by atoms with E-state index in [2.05, 4.69) is 11.9 Å². The first kappa shape index (κ1) is 7.76. The summed E-state index contributed by atoms with van der Waals surface area (Å²) >= 11 is 0. The highest BCUT2D eigenvalue weighted by atomic mass is 16.3. The molecule has 2 atom stereocenters. The molecule has 0 aliphatic carbocycles. The van der Waals surface area contributed by atoms with Gasteiger partial charge in [-0.25, -0.2) is 0 Å². The SMILES string of the molecule is C=CCC(O)[C@H]1CCCN1. The van der Waals surface area contributed by atoms with Crippen molar-refractivity contribution in [2.45, 2.75) is 31.4 Å². The van der Waals surface area contributed by atoms with Crippen LogP contribution in [0.25, 0.3) is 0 Å². The highest BCUT2D eigenvalue weighted by Crippen LogP contribution is 2.11. The summed E-state index contributed by atoms with van der Waals surface area (Å²) in [7, 11) is 0. The standard InChI is InChI=1S/C8H15NO/c1-2-4-8(10)7-5-3-6-9-7/h2,7-10H,1,3-6H2/t7-,8?/m1/s1. The van der Waals surface area contributed by atoms with Gasteiger partial charge in [0.1, 0.15) is 0 Å². The predicted octanol–water partition coefficient (Wildman–Crippen LogP) is 0.675. The zero-order valence-corrected chi connectivity index (χ0v) is 6.21. The second-order valence-electron chi connectivity index (χ2n) is 2.79. The zero-order chi connectivity index (χ0) is 7.40. The van der Waals surface area contributed by atoms with E-state index in [4.69, 9.17) is 0 Å². The Morgan fingerprint density at radius 2 is 2.60 bits per heavy atom. The lowest BCUT2D eigenvalue weighted by atomic mass is 10.1. The number of hydrogen-bond acceptors (Lipinski definition) is 2. The van der Waals surface area contributed by atoms with Crippen LogP contribution in [0.2, 0.25) is 0 Å². The van der Waals surface area contributed by atoms with Crippen LogP contribution in [0.5, 0.6) is 0 Å². The fourth-order valence-corrected chi connectivity index (χ4v) is 1.37. The molecular formula is C8H15NO. The van der Waals surface area contributed by atoms with Crippen LogP contribution in [0, 0.1) is 0 Å². The predicted molar refractivity (Wildman–Crippen MR) is 41.8 cm³/mol. The van der Waals surface area contributed by atoms with Crippen molar-refractivity contribution in [2.75, 3.05) is 6.54 Å². The first-order valence-corrected chi connectivity index (χ1v) is 3.87. The van der Waals surface area contributed by atoms with E-state index in [9.17, 15) is 5.11 Å². The number of aliphatic hydroxyl groups is 1. The van der Waals surface area contributed by atoms with Gasteiger partial charge >= 0.3 is 0 Å². The Hall–Kier alpha value is -0.340. The molecule has 0 aromatic rings. The van der Waals surface area contributed by atoms with Gasteiger partial charge in [0, 0.05) is 6.04 Å². The molecule has 1 fully saturated rings. The van der Waals surface area contributed by atoms with E-state index < -0.39 is 0 Å². The largest absolute Gasteiger partial charge is 0.391 e. The van der Waals surface area contributed by atoms with Gasteiger partial charge in [-0.05, 0) is 25.8 Å². The monoisotopic (exact) mass is 141 g/mol. The maximum Gasteiger partial charge on any atom is 0.0727 e. The highest BCUT2D eigenvalue weighted by molar-refractivity contribution is 4.85. The number of rotatable bonds is 3. The van der Waals surface area contributed by atoms with Crippen molar-refractivity contribution in [1.29, 1.82) is 0 Å². The summed E-state index contributed by atoms with van der Waals surface area (Å²) in [6.45, 7) is 4.64. The molecule has 1 aliphatic rings. The molecule has 58 valence electrons. The van der Waals surface area contributed by atoms with Crippen LogP contribution in [0.15, 0.2) is 12.7 Å². The Bertz CT molecular complexity index is 108. The van der Waals surface area contributed by atoms with Gasteiger partial charge < -0.3 is 10.4 Å². The van der Waals surface area contributed by atoms with Crippen molar-refractivity contribution in [3.8, 4) is 0 Å². The lowest BCUT2D eigenvalue weighted by Gasteiger charge is -2.15. The topological polar surface area (TPSA) is 32.3 Å². The molecule has 0 amide bonds. The average molecular weight is 141 g/mol. The molecular weight excluding hydrogens is 126 g/mol. The summed E-state index contributed by atoms with van der Waals surface area (Å²) < 4.78 is 0. The molecule has 2 heteroatoms. The lowest BCUT2D eigenvalue weighted by Crippen LogP contribution is -2.34. The van der Waals surface area contributed by atoms with Crippen molar-refractivity contribution in [2.24, 2.45) is 0 Å². The minimum atomic E-state index is -0.222. The third-order valence-electron chi connectivity index (χ3n) is 1.97. The Morgan fingerprint density at radius 3 is 3.10 bits per heavy atom. The highest BCUT2D eigenvalue weighted by Gasteiger charge is 2.20. The van der Waals surface area contributed by atoms with Gasteiger partial charge in [0.15, 0.2) is 0 Å². The van der Waals surface area contributed by atoms with E-state index in [1.54, 1.807) is 6.08 Å². The van der Waals surface area contributed by atoms with E-state index in [-0.39, 0.29) is 6.10 Å². The molecule has 2 nitrogen and oxygen atoms in total. The van der Waals surface area contributed by atoms with E-state index >= 15 is 0 Å². The molecule has 1 heterocycles. The number of aliphatic hydroxyl groups excluding tert-OH is 1. The Labute approximate surface area is 61.9 Å². The first-order chi connectivity index (χ1) is 4.84. The van der Waals surface area contributed by atoms with Crippen molar-refractivity contribution in [3.05, 3.63) is 12.7 Å². The van der Waals surface area contributed by atoms with Crippen molar-refractivity contribution in [1.82, 2.24) is 5.32 Å². The Balaban J connectivity index is 2.24. The van der Waals surface area contributed by atoms with Crippen LogP contribution in [0.1, 0.15) is 19.3 Å². The van der Waals surface area contributed by atoms with E-state index in [0.29, 0.717) is 12.5 Å². The number of hydrogen-bond donors (Lipinski definition) is 2. The maximum absolute atomic E-state index is 9.42. The summed E-state index contributed by atoms with van der Waals surface area (Å²) in [5, 5.41) is 12.7. The summed E-state index contributed by atoms with van der Waals surface area (Å²) in [6.07, 6.45) is 4.55. The third kappa shape index (κ3) is 1.82. The maximum atomic E-state index is 9.42. The minimum absolute atomic E-state index is 0.222. The van der Waals surface area contributed by atoms with Gasteiger partial charge in [-0.2, -0.15) is 0 Å². The molecule has 0 aromatic carbocycles. The molecule has 0 bridgehead atoms. The van der Waals surface area contributed by atoms with Gasteiger partial charge in [0.25, 0.3) is 0 Å². The van der Waals surface area contributed by atoms with Crippen LogP contribution in [-0.4, -0.2) is 23.8 Å². The fraction of sp³-hybridized carbons (Fsp3) is 0.750. The van der Waals surface area contributed by atoms with Gasteiger partial charge in [-0.15, -0.1) is 6.58 Å². The second-order valence-corrected chi connectivity index (χ2v) is 2.79. The molecule has 0 aromatic heterocycles. The zero-order valence-electron chi connectivity index (χ0n) is 6.21. The first-order valence-electron chi connectivity index (χ1n) is 3.87. The van der Waals surface area contributed by atoms with E-state index in [0.717, 1.165) is 13.0 Å². The molecule has 2 N–H and O–H groups in total. The molecule has 1 rings (SSSR count). The third-order valence-corrected chi connectivity index (χ3v) is 1.97. The van der Waals surface area contributed by atoms with Gasteiger partial charge in [-0.3, -0.25) is 0 Å². The van der Waals surface area contributed by atoms with Crippen LogP contribution in [0.4, 0.5) is 0 Å². The molecule has 1 unspecified atom stereocenters. The fourth-order valence-electron chi connectivity index (χ4n) is 1.37.